The van der Waals surface area contributed by atoms with E-state index in [0.717, 1.165) is 49.8 Å². The molecular formula is C57H35N3OS. The van der Waals surface area contributed by atoms with Gasteiger partial charge in [-0.2, -0.15) is 0 Å². The molecule has 3 heterocycles. The Kier molecular flexibility index (Phi) is 8.65. The second kappa shape index (κ2) is 14.9. The molecule has 0 radical (unpaired) electrons. The highest BCUT2D eigenvalue weighted by atomic mass is 32.1. The summed E-state index contributed by atoms with van der Waals surface area (Å²) in [5.41, 5.74) is 13.9. The Morgan fingerprint density at radius 3 is 1.56 bits per heavy atom. The van der Waals surface area contributed by atoms with Crippen LogP contribution in [-0.2, 0) is 0 Å². The van der Waals surface area contributed by atoms with Gasteiger partial charge in [-0.25, -0.2) is 15.0 Å². The molecule has 3 aromatic heterocycles. The highest BCUT2D eigenvalue weighted by Gasteiger charge is 2.18. The summed E-state index contributed by atoms with van der Waals surface area (Å²) in [6.07, 6.45) is 0. The smallest absolute Gasteiger partial charge is 0.164 e. The quantitative estimate of drug-likeness (QED) is 0.161. The van der Waals surface area contributed by atoms with Crippen molar-refractivity contribution < 1.29 is 4.42 Å². The third-order valence-electron chi connectivity index (χ3n) is 11.8. The lowest BCUT2D eigenvalue weighted by molar-refractivity contribution is 0.669. The van der Waals surface area contributed by atoms with Gasteiger partial charge < -0.3 is 4.42 Å². The van der Waals surface area contributed by atoms with Crippen LogP contribution in [0.3, 0.4) is 0 Å². The standard InChI is InChI=1S/C57H35N3OS/c1-3-13-36(14-4-1)43-31-32-52-49(35-43)46-23-11-22-45(54(46)62-52)44-20-10-19-42(34-44)41-18-9-17-40(33-41)37-27-29-39(30-28-37)56-58-55(38-15-5-2-6-16-38)59-57(60-56)48-24-12-26-51-53(48)47-21-7-8-25-50(47)61-51/h1-35H. The second-order valence-electron chi connectivity index (χ2n) is 15.5. The van der Waals surface area contributed by atoms with Crippen molar-refractivity contribution in [1.82, 2.24) is 15.0 Å². The predicted octanol–water partition coefficient (Wildman–Crippen LogP) is 15.8. The SMILES string of the molecule is c1ccc(-c2ccc3sc4c(-c5cccc(-c6cccc(-c7ccc(-c8nc(-c9ccccc9)nc(-c9cccc%10oc%11ccccc%11c9%10)n8)cc7)c6)c5)cccc4c3c2)cc1. The third kappa shape index (κ3) is 6.35. The fourth-order valence-corrected chi connectivity index (χ4v) is 9.91. The van der Waals surface area contributed by atoms with Crippen molar-refractivity contribution in [2.75, 3.05) is 0 Å². The number of para-hydroxylation sites is 1. The van der Waals surface area contributed by atoms with Crippen molar-refractivity contribution in [1.29, 1.82) is 0 Å². The molecule has 0 aliphatic rings. The molecule has 9 aromatic carbocycles. The molecule has 0 amide bonds. The minimum atomic E-state index is 0.603. The van der Waals surface area contributed by atoms with Crippen molar-refractivity contribution in [3.8, 4) is 78.7 Å². The Morgan fingerprint density at radius 1 is 0.306 bits per heavy atom. The maximum absolute atomic E-state index is 6.23. The summed E-state index contributed by atoms with van der Waals surface area (Å²) in [5.74, 6) is 1.84. The van der Waals surface area contributed by atoms with Crippen LogP contribution >= 0.6 is 11.3 Å². The highest BCUT2D eigenvalue weighted by Crippen LogP contribution is 2.42. The number of hydrogen-bond acceptors (Lipinski definition) is 5. The number of thiophene rings is 1. The normalized spacial score (nSPS) is 11.5. The second-order valence-corrected chi connectivity index (χ2v) is 16.6. The molecule has 0 saturated carbocycles. The minimum Gasteiger partial charge on any atom is -0.456 e. The summed E-state index contributed by atoms with van der Waals surface area (Å²) >= 11 is 1.87. The van der Waals surface area contributed by atoms with Gasteiger partial charge in [-0.15, -0.1) is 11.3 Å². The van der Waals surface area contributed by atoms with Gasteiger partial charge in [-0.05, 0) is 80.9 Å². The van der Waals surface area contributed by atoms with E-state index in [4.69, 9.17) is 19.4 Å². The zero-order valence-electron chi connectivity index (χ0n) is 33.4. The Labute approximate surface area is 362 Å². The molecule has 0 fully saturated rings. The summed E-state index contributed by atoms with van der Waals surface area (Å²) in [6, 6.07) is 74.7. The maximum Gasteiger partial charge on any atom is 0.164 e. The molecule has 0 aliphatic heterocycles. The largest absolute Gasteiger partial charge is 0.456 e. The van der Waals surface area contributed by atoms with Gasteiger partial charge in [0.05, 0.1) is 0 Å². The van der Waals surface area contributed by atoms with Gasteiger partial charge in [-0.1, -0.05) is 176 Å². The molecule has 4 nitrogen and oxygen atoms in total. The molecule has 12 rings (SSSR count). The van der Waals surface area contributed by atoms with Crippen LogP contribution in [0.1, 0.15) is 0 Å². The van der Waals surface area contributed by atoms with E-state index in [1.807, 2.05) is 72.0 Å². The van der Waals surface area contributed by atoms with Crippen LogP contribution in [0.25, 0.3) is 121 Å². The number of nitrogens with zero attached hydrogens (tertiary/aromatic N) is 3. The van der Waals surface area contributed by atoms with Crippen LogP contribution in [0, 0.1) is 0 Å². The van der Waals surface area contributed by atoms with Crippen LogP contribution in [0.5, 0.6) is 0 Å². The number of benzene rings is 9. The van der Waals surface area contributed by atoms with E-state index in [-0.39, 0.29) is 0 Å². The summed E-state index contributed by atoms with van der Waals surface area (Å²) in [5, 5.41) is 4.63. The first-order chi connectivity index (χ1) is 30.7. The van der Waals surface area contributed by atoms with E-state index in [1.165, 1.54) is 53.6 Å². The van der Waals surface area contributed by atoms with Gasteiger partial charge in [0, 0.05) is 47.6 Å². The molecule has 0 spiro atoms. The number of fused-ring (bicyclic) bond motifs is 6. The fraction of sp³-hybridized carbons (Fsp3) is 0. The molecule has 290 valence electrons. The van der Waals surface area contributed by atoms with Gasteiger partial charge in [0.1, 0.15) is 11.2 Å². The van der Waals surface area contributed by atoms with Gasteiger partial charge >= 0.3 is 0 Å². The lowest BCUT2D eigenvalue weighted by Crippen LogP contribution is -2.00. The van der Waals surface area contributed by atoms with Gasteiger partial charge in [0.15, 0.2) is 17.5 Å². The molecule has 0 saturated heterocycles. The maximum atomic E-state index is 6.23. The monoisotopic (exact) mass is 809 g/mol. The third-order valence-corrected chi connectivity index (χ3v) is 13.0. The molecule has 62 heavy (non-hydrogen) atoms. The lowest BCUT2D eigenvalue weighted by Gasteiger charge is -2.11. The Balaban J connectivity index is 0.883. The van der Waals surface area contributed by atoms with Gasteiger partial charge in [-0.3, -0.25) is 0 Å². The molecule has 0 bridgehead atoms. The van der Waals surface area contributed by atoms with E-state index in [2.05, 4.69) is 152 Å². The average molecular weight is 810 g/mol. The van der Waals surface area contributed by atoms with Crippen molar-refractivity contribution in [3.63, 3.8) is 0 Å². The first-order valence-electron chi connectivity index (χ1n) is 20.7. The first kappa shape index (κ1) is 35.9. The minimum absolute atomic E-state index is 0.603. The molecule has 12 aromatic rings. The molecule has 5 heteroatoms. The van der Waals surface area contributed by atoms with Gasteiger partial charge in [0.25, 0.3) is 0 Å². The first-order valence-corrected chi connectivity index (χ1v) is 21.6. The molecule has 0 unspecified atom stereocenters. The fourth-order valence-electron chi connectivity index (χ4n) is 8.70. The van der Waals surface area contributed by atoms with E-state index < -0.39 is 0 Å². The van der Waals surface area contributed by atoms with E-state index in [1.54, 1.807) is 0 Å². The predicted molar refractivity (Wildman–Crippen MR) is 258 cm³/mol. The van der Waals surface area contributed by atoms with Crippen LogP contribution in [-0.4, -0.2) is 15.0 Å². The van der Waals surface area contributed by atoms with Crippen molar-refractivity contribution in [3.05, 3.63) is 212 Å². The summed E-state index contributed by atoms with van der Waals surface area (Å²) in [4.78, 5) is 15.2. The Hall–Kier alpha value is -7.99. The van der Waals surface area contributed by atoms with Crippen LogP contribution < -0.4 is 0 Å². The van der Waals surface area contributed by atoms with E-state index >= 15 is 0 Å². The molecule has 0 atom stereocenters. The average Bonchev–Trinajstić information content (AvgIpc) is 3.93. The summed E-state index contributed by atoms with van der Waals surface area (Å²) in [6.45, 7) is 0. The number of hydrogen-bond donors (Lipinski definition) is 0. The molecule has 0 N–H and O–H groups in total. The van der Waals surface area contributed by atoms with Crippen LogP contribution in [0.2, 0.25) is 0 Å². The number of rotatable bonds is 7. The van der Waals surface area contributed by atoms with Crippen molar-refractivity contribution in [2.24, 2.45) is 0 Å². The zero-order valence-corrected chi connectivity index (χ0v) is 34.2. The summed E-state index contributed by atoms with van der Waals surface area (Å²) < 4.78 is 8.85. The topological polar surface area (TPSA) is 51.8 Å². The Bertz CT molecular complexity index is 3630. The van der Waals surface area contributed by atoms with Crippen molar-refractivity contribution in [2.45, 2.75) is 0 Å². The van der Waals surface area contributed by atoms with Crippen LogP contribution in [0.15, 0.2) is 217 Å². The number of furan rings is 1. The summed E-state index contributed by atoms with van der Waals surface area (Å²) in [7, 11) is 0. The van der Waals surface area contributed by atoms with E-state index in [9.17, 15) is 0 Å². The zero-order chi connectivity index (χ0) is 41.0. The molecule has 0 aliphatic carbocycles. The Morgan fingerprint density at radius 2 is 0.790 bits per heavy atom. The van der Waals surface area contributed by atoms with Crippen molar-refractivity contribution >= 4 is 53.4 Å². The highest BCUT2D eigenvalue weighted by molar-refractivity contribution is 7.26. The number of aromatic nitrogens is 3. The lowest BCUT2D eigenvalue weighted by atomic mass is 9.95. The van der Waals surface area contributed by atoms with Gasteiger partial charge in [0.2, 0.25) is 0 Å². The molecular weight excluding hydrogens is 775 g/mol. The van der Waals surface area contributed by atoms with Crippen LogP contribution in [0.4, 0.5) is 0 Å². The van der Waals surface area contributed by atoms with E-state index in [0.29, 0.717) is 17.5 Å².